The number of nitrogen functional groups attached to an aromatic ring is 1. The number of sulfonamides is 1. The number of nitrogens with two attached hydrogens (primary N) is 1. The Bertz CT molecular complexity index is 754. The Morgan fingerprint density at radius 2 is 2.24 bits per heavy atom. The first kappa shape index (κ1) is 14.4. The molecular formula is C14H19N3O3S. The lowest BCUT2D eigenvalue weighted by Crippen LogP contribution is -2.28. The number of nitrogens with zero attached hydrogens (tertiary/aromatic N) is 1. The van der Waals surface area contributed by atoms with E-state index in [0.717, 1.165) is 11.9 Å². The van der Waals surface area contributed by atoms with Crippen molar-refractivity contribution in [2.45, 2.75) is 17.7 Å². The molecule has 21 heavy (non-hydrogen) atoms. The molecule has 0 aliphatic carbocycles. The smallest absolute Gasteiger partial charge is 0.245 e. The van der Waals surface area contributed by atoms with Gasteiger partial charge < -0.3 is 15.8 Å². The minimum atomic E-state index is -3.53. The van der Waals surface area contributed by atoms with Gasteiger partial charge in [-0.2, -0.15) is 4.31 Å². The van der Waals surface area contributed by atoms with Crippen LogP contribution in [0.1, 0.15) is 12.8 Å². The molecule has 6 nitrogen and oxygen atoms in total. The molecule has 1 aliphatic heterocycles. The van der Waals surface area contributed by atoms with E-state index in [9.17, 15) is 8.42 Å². The minimum absolute atomic E-state index is 0.0994. The molecule has 1 aromatic heterocycles. The zero-order valence-electron chi connectivity index (χ0n) is 11.6. The molecule has 4 N–H and O–H groups in total. The monoisotopic (exact) mass is 309 g/mol. The summed E-state index contributed by atoms with van der Waals surface area (Å²) in [5.74, 6) is 0.236. The zero-order chi connectivity index (χ0) is 15.0. The van der Waals surface area contributed by atoms with E-state index in [0.29, 0.717) is 30.6 Å². The number of hydrogen-bond acceptors (Lipinski definition) is 4. The Labute approximate surface area is 123 Å². The van der Waals surface area contributed by atoms with Crippen LogP contribution >= 0.6 is 0 Å². The van der Waals surface area contributed by atoms with Crippen molar-refractivity contribution in [3.05, 3.63) is 24.4 Å². The van der Waals surface area contributed by atoms with E-state index in [4.69, 9.17) is 10.8 Å². The second kappa shape index (κ2) is 5.32. The van der Waals surface area contributed by atoms with Crippen molar-refractivity contribution in [3.63, 3.8) is 0 Å². The molecule has 1 unspecified atom stereocenters. The van der Waals surface area contributed by atoms with Crippen LogP contribution in [0.5, 0.6) is 0 Å². The highest BCUT2D eigenvalue weighted by atomic mass is 32.2. The van der Waals surface area contributed by atoms with Crippen LogP contribution in [0.15, 0.2) is 29.3 Å². The summed E-state index contributed by atoms with van der Waals surface area (Å²) in [6.45, 7) is 1.07. The van der Waals surface area contributed by atoms with Crippen molar-refractivity contribution >= 4 is 26.6 Å². The lowest BCUT2D eigenvalue weighted by Gasteiger charge is -2.16. The molecule has 0 amide bonds. The first-order valence-electron chi connectivity index (χ1n) is 7.00. The number of benzene rings is 1. The highest BCUT2D eigenvalue weighted by Crippen LogP contribution is 2.31. The Hall–Kier alpha value is -1.57. The van der Waals surface area contributed by atoms with Crippen LogP contribution in [-0.2, 0) is 10.0 Å². The fourth-order valence-electron chi connectivity index (χ4n) is 2.90. The Kier molecular flexibility index (Phi) is 3.64. The molecule has 2 heterocycles. The van der Waals surface area contributed by atoms with Gasteiger partial charge in [0.25, 0.3) is 0 Å². The summed E-state index contributed by atoms with van der Waals surface area (Å²) in [7, 11) is -3.53. The molecule has 1 aliphatic rings. The summed E-state index contributed by atoms with van der Waals surface area (Å²) >= 11 is 0. The van der Waals surface area contributed by atoms with E-state index in [-0.39, 0.29) is 17.4 Å². The Morgan fingerprint density at radius 3 is 3.00 bits per heavy atom. The molecule has 7 heteroatoms. The normalized spacial score (nSPS) is 20.3. The van der Waals surface area contributed by atoms with E-state index in [1.807, 2.05) is 0 Å². The molecule has 0 bridgehead atoms. The number of aliphatic hydroxyl groups excluding tert-OH is 1. The highest BCUT2D eigenvalue weighted by Gasteiger charge is 2.33. The van der Waals surface area contributed by atoms with Crippen LogP contribution in [0.4, 0.5) is 5.69 Å². The van der Waals surface area contributed by atoms with E-state index in [1.54, 1.807) is 18.2 Å². The molecule has 1 fully saturated rings. The topological polar surface area (TPSA) is 99.4 Å². The molecule has 0 saturated carbocycles. The van der Waals surface area contributed by atoms with E-state index in [2.05, 4.69) is 4.98 Å². The van der Waals surface area contributed by atoms with Crippen molar-refractivity contribution in [2.75, 3.05) is 25.4 Å². The lowest BCUT2D eigenvalue weighted by atomic mass is 10.1. The van der Waals surface area contributed by atoms with E-state index < -0.39 is 10.0 Å². The van der Waals surface area contributed by atoms with Crippen LogP contribution in [0.2, 0.25) is 0 Å². The van der Waals surface area contributed by atoms with Gasteiger partial charge in [0.05, 0.1) is 0 Å². The SMILES string of the molecule is Nc1ccc2[nH]cc(S(=O)(=O)N3CCC(CCO)C3)c2c1. The number of aromatic amines is 1. The van der Waals surface area contributed by atoms with Gasteiger partial charge in [0.15, 0.2) is 0 Å². The number of aromatic nitrogens is 1. The fraction of sp³-hybridized carbons (Fsp3) is 0.429. The Balaban J connectivity index is 1.96. The number of aliphatic hydroxyl groups is 1. The quantitative estimate of drug-likeness (QED) is 0.737. The van der Waals surface area contributed by atoms with Crippen LogP contribution < -0.4 is 5.73 Å². The molecule has 1 aromatic carbocycles. The number of rotatable bonds is 4. The summed E-state index contributed by atoms with van der Waals surface area (Å²) in [4.78, 5) is 3.25. The summed E-state index contributed by atoms with van der Waals surface area (Å²) in [6.07, 6.45) is 2.97. The Morgan fingerprint density at radius 1 is 1.43 bits per heavy atom. The first-order valence-corrected chi connectivity index (χ1v) is 8.44. The number of anilines is 1. The third-order valence-electron chi connectivity index (χ3n) is 4.07. The highest BCUT2D eigenvalue weighted by molar-refractivity contribution is 7.89. The van der Waals surface area contributed by atoms with Gasteiger partial charge in [-0.3, -0.25) is 0 Å². The maximum atomic E-state index is 12.8. The third kappa shape index (κ3) is 2.52. The summed E-state index contributed by atoms with van der Waals surface area (Å²) < 4.78 is 27.0. The maximum absolute atomic E-state index is 12.8. The molecule has 3 rings (SSSR count). The van der Waals surface area contributed by atoms with Crippen molar-refractivity contribution in [1.29, 1.82) is 0 Å². The average Bonchev–Trinajstić information content (AvgIpc) is 3.05. The minimum Gasteiger partial charge on any atom is -0.399 e. The van der Waals surface area contributed by atoms with Gasteiger partial charge >= 0.3 is 0 Å². The van der Waals surface area contributed by atoms with E-state index >= 15 is 0 Å². The van der Waals surface area contributed by atoms with Crippen molar-refractivity contribution in [1.82, 2.24) is 9.29 Å². The summed E-state index contributed by atoms with van der Waals surface area (Å²) in [6, 6.07) is 5.20. The average molecular weight is 309 g/mol. The lowest BCUT2D eigenvalue weighted by molar-refractivity contribution is 0.260. The van der Waals surface area contributed by atoms with Crippen molar-refractivity contribution < 1.29 is 13.5 Å². The zero-order valence-corrected chi connectivity index (χ0v) is 12.4. The maximum Gasteiger partial charge on any atom is 0.245 e. The van der Waals surface area contributed by atoms with Gasteiger partial charge in [-0.05, 0) is 37.0 Å². The van der Waals surface area contributed by atoms with Crippen LogP contribution in [-0.4, -0.2) is 42.5 Å². The standard InChI is InChI=1S/C14H19N3O3S/c15-11-1-2-13-12(7-11)14(8-16-13)21(19,20)17-5-3-10(9-17)4-6-18/h1-2,7-8,10,16,18H,3-6,9,15H2. The molecule has 1 saturated heterocycles. The van der Waals surface area contributed by atoms with Gasteiger partial charge in [-0.25, -0.2) is 8.42 Å². The van der Waals surface area contributed by atoms with Crippen molar-refractivity contribution in [3.8, 4) is 0 Å². The molecule has 0 spiro atoms. The number of hydrogen-bond donors (Lipinski definition) is 3. The molecule has 1 atom stereocenters. The summed E-state index contributed by atoms with van der Waals surface area (Å²) in [5.41, 5.74) is 7.06. The molecular weight excluding hydrogens is 290 g/mol. The molecule has 2 aromatic rings. The first-order chi connectivity index (χ1) is 10.0. The largest absolute Gasteiger partial charge is 0.399 e. The van der Waals surface area contributed by atoms with Gasteiger partial charge in [-0.15, -0.1) is 0 Å². The second-order valence-electron chi connectivity index (χ2n) is 5.49. The predicted octanol–water partition coefficient (Wildman–Crippen LogP) is 1.14. The van der Waals surface area contributed by atoms with Crippen LogP contribution in [0, 0.1) is 5.92 Å². The third-order valence-corrected chi connectivity index (χ3v) is 5.98. The molecule has 0 radical (unpaired) electrons. The number of nitrogens with one attached hydrogen (secondary N) is 1. The van der Waals surface area contributed by atoms with Crippen LogP contribution in [0.3, 0.4) is 0 Å². The van der Waals surface area contributed by atoms with E-state index in [1.165, 1.54) is 10.5 Å². The fourth-order valence-corrected chi connectivity index (χ4v) is 4.58. The second-order valence-corrected chi connectivity index (χ2v) is 7.39. The van der Waals surface area contributed by atoms with Gasteiger partial charge in [-0.1, -0.05) is 0 Å². The van der Waals surface area contributed by atoms with Gasteiger partial charge in [0.2, 0.25) is 10.0 Å². The summed E-state index contributed by atoms with van der Waals surface area (Å²) in [5, 5.41) is 9.61. The van der Waals surface area contributed by atoms with Gasteiger partial charge in [0.1, 0.15) is 4.90 Å². The van der Waals surface area contributed by atoms with Crippen LogP contribution in [0.25, 0.3) is 10.9 Å². The molecule has 114 valence electrons. The van der Waals surface area contributed by atoms with Gasteiger partial charge in [0, 0.05) is 42.5 Å². The number of H-pyrrole nitrogens is 1. The van der Waals surface area contributed by atoms with Crippen molar-refractivity contribution in [2.24, 2.45) is 5.92 Å². The number of fused-ring (bicyclic) bond motifs is 1. The predicted molar refractivity (Wildman–Crippen MR) is 81.3 cm³/mol.